The number of ether oxygens (including phenoxy) is 1. The molecule has 0 aliphatic carbocycles. The molecule has 2 N–H and O–H groups in total. The first-order valence-corrected chi connectivity index (χ1v) is 7.16. The molecule has 1 aromatic rings. The molecule has 2 atom stereocenters. The maximum atomic E-state index is 12.0. The van der Waals surface area contributed by atoms with Crippen molar-refractivity contribution in [3.63, 3.8) is 0 Å². The normalized spacial score (nSPS) is 27.6. The second-order valence-electron chi connectivity index (χ2n) is 5.48. The van der Waals surface area contributed by atoms with Gasteiger partial charge in [0.2, 0.25) is 0 Å². The highest BCUT2D eigenvalue weighted by molar-refractivity contribution is 5.95. The van der Waals surface area contributed by atoms with Gasteiger partial charge in [-0.3, -0.25) is 4.79 Å². The van der Waals surface area contributed by atoms with E-state index in [-0.39, 0.29) is 24.4 Å². The Bertz CT molecular complexity index is 486. The van der Waals surface area contributed by atoms with Crippen molar-refractivity contribution in [1.29, 1.82) is 0 Å². The molecule has 2 aliphatic heterocycles. The van der Waals surface area contributed by atoms with Gasteiger partial charge in [-0.25, -0.2) is 0 Å². The SMILES string of the molecule is O=C1COC(C2CCCNC2)CN1c1cccc(O)c1. The molecule has 2 unspecified atom stereocenters. The number of rotatable bonds is 2. The van der Waals surface area contributed by atoms with Crippen LogP contribution in [0.15, 0.2) is 24.3 Å². The van der Waals surface area contributed by atoms with E-state index in [0.29, 0.717) is 12.5 Å². The summed E-state index contributed by atoms with van der Waals surface area (Å²) in [5.41, 5.74) is 0.743. The first-order chi connectivity index (χ1) is 9.74. The minimum Gasteiger partial charge on any atom is -0.508 e. The molecular weight excluding hydrogens is 256 g/mol. The lowest BCUT2D eigenvalue weighted by molar-refractivity contribution is -0.131. The van der Waals surface area contributed by atoms with E-state index in [1.807, 2.05) is 6.07 Å². The molecule has 2 fully saturated rings. The van der Waals surface area contributed by atoms with E-state index in [9.17, 15) is 9.90 Å². The summed E-state index contributed by atoms with van der Waals surface area (Å²) in [6.07, 6.45) is 2.37. The van der Waals surface area contributed by atoms with Crippen molar-refractivity contribution in [2.45, 2.75) is 18.9 Å². The number of aromatic hydroxyl groups is 1. The Labute approximate surface area is 118 Å². The van der Waals surface area contributed by atoms with Crippen LogP contribution in [0.25, 0.3) is 0 Å². The third-order valence-electron chi connectivity index (χ3n) is 4.09. The third-order valence-corrected chi connectivity index (χ3v) is 4.09. The van der Waals surface area contributed by atoms with Crippen LogP contribution in [-0.4, -0.2) is 43.4 Å². The number of benzene rings is 1. The number of nitrogens with zero attached hydrogens (tertiary/aromatic N) is 1. The topological polar surface area (TPSA) is 61.8 Å². The van der Waals surface area contributed by atoms with Crippen LogP contribution in [0.3, 0.4) is 0 Å². The molecule has 20 heavy (non-hydrogen) atoms. The molecule has 5 nitrogen and oxygen atoms in total. The zero-order chi connectivity index (χ0) is 13.9. The minimum atomic E-state index is -0.0457. The Balaban J connectivity index is 1.74. The quantitative estimate of drug-likeness (QED) is 0.850. The fraction of sp³-hybridized carbons (Fsp3) is 0.533. The molecule has 0 bridgehead atoms. The number of morpholine rings is 1. The van der Waals surface area contributed by atoms with Crippen LogP contribution in [0.5, 0.6) is 5.75 Å². The van der Waals surface area contributed by atoms with E-state index in [1.54, 1.807) is 23.1 Å². The zero-order valence-corrected chi connectivity index (χ0v) is 11.4. The Hall–Kier alpha value is -1.59. The lowest BCUT2D eigenvalue weighted by Gasteiger charge is -2.38. The van der Waals surface area contributed by atoms with Gasteiger partial charge in [0.25, 0.3) is 5.91 Å². The van der Waals surface area contributed by atoms with Crippen molar-refractivity contribution in [2.24, 2.45) is 5.92 Å². The molecule has 0 saturated carbocycles. The fourth-order valence-corrected chi connectivity index (χ4v) is 2.98. The van der Waals surface area contributed by atoms with Crippen molar-refractivity contribution in [3.05, 3.63) is 24.3 Å². The van der Waals surface area contributed by atoms with Gasteiger partial charge in [0.05, 0.1) is 12.6 Å². The number of carbonyl (C=O) groups is 1. The van der Waals surface area contributed by atoms with Crippen molar-refractivity contribution in [1.82, 2.24) is 5.32 Å². The lowest BCUT2D eigenvalue weighted by atomic mass is 9.92. The first-order valence-electron chi connectivity index (χ1n) is 7.16. The fourth-order valence-electron chi connectivity index (χ4n) is 2.98. The Morgan fingerprint density at radius 1 is 1.40 bits per heavy atom. The Morgan fingerprint density at radius 2 is 2.30 bits per heavy atom. The molecule has 1 amide bonds. The van der Waals surface area contributed by atoms with Crippen LogP contribution < -0.4 is 10.2 Å². The highest BCUT2D eigenvalue weighted by atomic mass is 16.5. The number of carbonyl (C=O) groups excluding carboxylic acids is 1. The van der Waals surface area contributed by atoms with Gasteiger partial charge in [-0.2, -0.15) is 0 Å². The number of hydrogen-bond donors (Lipinski definition) is 2. The lowest BCUT2D eigenvalue weighted by Crippen LogP contribution is -2.52. The van der Waals surface area contributed by atoms with Crippen LogP contribution in [0.2, 0.25) is 0 Å². The summed E-state index contributed by atoms with van der Waals surface area (Å²) in [5.74, 6) is 0.588. The molecule has 2 aliphatic rings. The van der Waals surface area contributed by atoms with Gasteiger partial charge in [0.1, 0.15) is 12.4 Å². The number of phenolic OH excluding ortho intramolecular Hbond substituents is 1. The van der Waals surface area contributed by atoms with Gasteiger partial charge in [-0.15, -0.1) is 0 Å². The van der Waals surface area contributed by atoms with E-state index in [2.05, 4.69) is 5.32 Å². The maximum Gasteiger partial charge on any atom is 0.253 e. The van der Waals surface area contributed by atoms with E-state index < -0.39 is 0 Å². The molecule has 5 heteroatoms. The number of hydrogen-bond acceptors (Lipinski definition) is 4. The second kappa shape index (κ2) is 5.81. The molecule has 2 saturated heterocycles. The van der Waals surface area contributed by atoms with Crippen molar-refractivity contribution >= 4 is 11.6 Å². The highest BCUT2D eigenvalue weighted by Gasteiger charge is 2.33. The van der Waals surface area contributed by atoms with Crippen molar-refractivity contribution < 1.29 is 14.6 Å². The maximum absolute atomic E-state index is 12.0. The molecule has 0 radical (unpaired) electrons. The number of nitrogens with one attached hydrogen (secondary N) is 1. The van der Waals surface area contributed by atoms with Crippen LogP contribution in [0, 0.1) is 5.92 Å². The standard InChI is InChI=1S/C15H20N2O3/c18-13-5-1-4-12(7-13)17-9-14(20-10-15(17)19)11-3-2-6-16-8-11/h1,4-5,7,11,14,16,18H,2-3,6,8-10H2. The predicted molar refractivity (Wildman–Crippen MR) is 75.8 cm³/mol. The summed E-state index contributed by atoms with van der Waals surface area (Å²) in [6, 6.07) is 6.83. The van der Waals surface area contributed by atoms with Gasteiger partial charge < -0.3 is 20.1 Å². The van der Waals surface area contributed by atoms with Crippen LogP contribution >= 0.6 is 0 Å². The largest absolute Gasteiger partial charge is 0.508 e. The Kier molecular flexibility index (Phi) is 3.89. The summed E-state index contributed by atoms with van der Waals surface area (Å²) in [4.78, 5) is 13.8. The number of piperidine rings is 1. The zero-order valence-electron chi connectivity index (χ0n) is 11.4. The van der Waals surface area contributed by atoms with E-state index in [4.69, 9.17) is 4.74 Å². The van der Waals surface area contributed by atoms with Gasteiger partial charge in [-0.05, 0) is 37.4 Å². The Morgan fingerprint density at radius 3 is 3.05 bits per heavy atom. The molecule has 108 valence electrons. The van der Waals surface area contributed by atoms with Gasteiger partial charge >= 0.3 is 0 Å². The summed E-state index contributed by atoms with van der Waals surface area (Å²) in [5, 5.41) is 12.9. The second-order valence-corrected chi connectivity index (χ2v) is 5.48. The molecule has 1 aromatic carbocycles. The van der Waals surface area contributed by atoms with Crippen LogP contribution in [0.1, 0.15) is 12.8 Å². The summed E-state index contributed by atoms with van der Waals surface area (Å²) < 4.78 is 5.72. The molecule has 2 heterocycles. The van der Waals surface area contributed by atoms with Crippen molar-refractivity contribution in [2.75, 3.05) is 31.1 Å². The average molecular weight is 276 g/mol. The predicted octanol–water partition coefficient (Wildman–Crippen LogP) is 1.12. The smallest absolute Gasteiger partial charge is 0.253 e. The van der Waals surface area contributed by atoms with Crippen molar-refractivity contribution in [3.8, 4) is 5.75 Å². The van der Waals surface area contributed by atoms with Gasteiger partial charge in [0, 0.05) is 18.3 Å². The van der Waals surface area contributed by atoms with Crippen LogP contribution in [0.4, 0.5) is 5.69 Å². The minimum absolute atomic E-state index is 0.0457. The highest BCUT2D eigenvalue weighted by Crippen LogP contribution is 2.26. The summed E-state index contributed by atoms with van der Waals surface area (Å²) in [6.45, 7) is 2.70. The molecule has 3 rings (SSSR count). The first kappa shape index (κ1) is 13.4. The average Bonchev–Trinajstić information content (AvgIpc) is 2.48. The monoisotopic (exact) mass is 276 g/mol. The molecule has 0 aromatic heterocycles. The molecular formula is C15H20N2O3. The van der Waals surface area contributed by atoms with E-state index in [0.717, 1.165) is 31.6 Å². The van der Waals surface area contributed by atoms with Gasteiger partial charge in [0.15, 0.2) is 0 Å². The van der Waals surface area contributed by atoms with Crippen LogP contribution in [-0.2, 0) is 9.53 Å². The summed E-state index contributed by atoms with van der Waals surface area (Å²) >= 11 is 0. The molecule has 0 spiro atoms. The van der Waals surface area contributed by atoms with Gasteiger partial charge in [-0.1, -0.05) is 6.07 Å². The van der Waals surface area contributed by atoms with E-state index in [1.165, 1.54) is 0 Å². The van der Waals surface area contributed by atoms with E-state index >= 15 is 0 Å². The number of anilines is 1. The number of amides is 1. The third kappa shape index (κ3) is 2.78. The summed E-state index contributed by atoms with van der Waals surface area (Å²) in [7, 11) is 0. The number of phenols is 1.